The summed E-state index contributed by atoms with van der Waals surface area (Å²) in [6, 6.07) is 13.0. The fourth-order valence-corrected chi connectivity index (χ4v) is 5.31. The van der Waals surface area contributed by atoms with Gasteiger partial charge in [-0.3, -0.25) is 9.89 Å². The highest BCUT2D eigenvalue weighted by molar-refractivity contribution is 7.90. The van der Waals surface area contributed by atoms with E-state index in [9.17, 15) is 30.8 Å². The topological polar surface area (TPSA) is 120 Å². The molecule has 5 rings (SSSR count). The highest BCUT2D eigenvalue weighted by atomic mass is 32.2. The molecule has 1 amide bonds. The van der Waals surface area contributed by atoms with Gasteiger partial charge in [0.2, 0.25) is 0 Å². The van der Waals surface area contributed by atoms with E-state index < -0.39 is 44.7 Å². The van der Waals surface area contributed by atoms with Crippen LogP contribution in [0.5, 0.6) is 17.2 Å². The Kier molecular flexibility index (Phi) is 7.87. The molecule has 0 saturated carbocycles. The molecule has 1 saturated heterocycles. The number of benzene rings is 3. The van der Waals surface area contributed by atoms with Gasteiger partial charge in [-0.05, 0) is 48.9 Å². The number of sulfonamides is 1. The lowest BCUT2D eigenvalue weighted by atomic mass is 10.0. The highest BCUT2D eigenvalue weighted by Gasteiger charge is 2.36. The molecule has 1 aromatic heterocycles. The molecular weight excluding hydrogens is 570 g/mol. The normalized spacial score (nSPS) is 17.8. The summed E-state index contributed by atoms with van der Waals surface area (Å²) < 4.78 is 98.8. The zero-order chi connectivity index (χ0) is 29.2. The molecule has 2 N–H and O–H groups in total. The van der Waals surface area contributed by atoms with Crippen molar-refractivity contribution < 1.29 is 45.0 Å². The average molecular weight is 594 g/mol. The molecule has 4 aromatic rings. The Morgan fingerprint density at radius 2 is 1.85 bits per heavy atom. The molecular formula is C27H23F4N3O6S. The molecule has 3 aromatic carbocycles. The fourth-order valence-electron chi connectivity index (χ4n) is 4.32. The van der Waals surface area contributed by atoms with Crippen LogP contribution in [0, 0.1) is 5.92 Å². The summed E-state index contributed by atoms with van der Waals surface area (Å²) in [7, 11) is -4.76. The van der Waals surface area contributed by atoms with Gasteiger partial charge in [-0.2, -0.15) is 18.3 Å². The molecule has 9 nitrogen and oxygen atoms in total. The van der Waals surface area contributed by atoms with Crippen molar-refractivity contribution in [1.29, 1.82) is 0 Å². The van der Waals surface area contributed by atoms with E-state index in [0.29, 0.717) is 29.1 Å². The SMILES string of the molecule is O=C(NS(=O)(=O)c1ccc(OCC2CCOC(F)C2)c(C(F)(F)F)c1)c1ccccc1Oc1cccc2[nH]ncc12. The number of carbonyl (C=O) groups excluding carboxylic acids is 1. The summed E-state index contributed by atoms with van der Waals surface area (Å²) in [4.78, 5) is 12.2. The highest BCUT2D eigenvalue weighted by Crippen LogP contribution is 2.38. The Bertz CT molecular complexity index is 1680. The fraction of sp³-hybridized carbons (Fsp3) is 0.259. The molecule has 0 bridgehead atoms. The molecule has 14 heteroatoms. The maximum atomic E-state index is 13.9. The minimum absolute atomic E-state index is 0.0114. The summed E-state index contributed by atoms with van der Waals surface area (Å²) in [5.41, 5.74) is -0.858. The second-order valence-corrected chi connectivity index (χ2v) is 10.9. The monoisotopic (exact) mass is 593 g/mol. The molecule has 2 unspecified atom stereocenters. The summed E-state index contributed by atoms with van der Waals surface area (Å²) in [5.74, 6) is -1.75. The predicted octanol–water partition coefficient (Wildman–Crippen LogP) is 5.59. The largest absolute Gasteiger partial charge is 0.493 e. The van der Waals surface area contributed by atoms with Crippen molar-refractivity contribution in [3.8, 4) is 17.2 Å². The van der Waals surface area contributed by atoms with Crippen LogP contribution in [0.2, 0.25) is 0 Å². The quantitative estimate of drug-likeness (QED) is 0.256. The van der Waals surface area contributed by atoms with Gasteiger partial charge in [0.15, 0.2) is 6.36 Å². The Labute approximate surface area is 231 Å². The van der Waals surface area contributed by atoms with Crippen molar-refractivity contribution in [2.45, 2.75) is 30.3 Å². The molecule has 1 aliphatic heterocycles. The van der Waals surface area contributed by atoms with E-state index in [0.717, 1.165) is 12.1 Å². The van der Waals surface area contributed by atoms with Crippen molar-refractivity contribution in [3.05, 3.63) is 78.0 Å². The third kappa shape index (κ3) is 6.43. The third-order valence-electron chi connectivity index (χ3n) is 6.41. The number of hydrogen-bond acceptors (Lipinski definition) is 7. The van der Waals surface area contributed by atoms with Gasteiger partial charge in [0.05, 0.1) is 46.3 Å². The van der Waals surface area contributed by atoms with Crippen LogP contribution in [-0.4, -0.2) is 44.1 Å². The standard InChI is InChI=1S/C27H23F4N3O6S/c28-25-12-16(10-11-38-25)15-39-24-9-8-17(13-20(24)27(29,30)31)41(36,37)34-26(35)18-4-1-2-6-22(18)40-23-7-3-5-21-19(23)14-32-33-21/h1-9,13-14,16,25H,10-12,15H2,(H,32,33)(H,34,35). The van der Waals surface area contributed by atoms with Crippen LogP contribution in [-0.2, 0) is 20.9 Å². The maximum Gasteiger partial charge on any atom is 0.420 e. The van der Waals surface area contributed by atoms with E-state index >= 15 is 0 Å². The first kappa shape index (κ1) is 28.4. The second kappa shape index (κ2) is 11.4. The Morgan fingerprint density at radius 3 is 2.63 bits per heavy atom. The Morgan fingerprint density at radius 1 is 1.07 bits per heavy atom. The number of amides is 1. The number of alkyl halides is 4. The summed E-state index contributed by atoms with van der Waals surface area (Å²) in [6.07, 6.45) is -4.60. The Hall–Kier alpha value is -4.17. The average Bonchev–Trinajstić information content (AvgIpc) is 3.41. The lowest BCUT2D eigenvalue weighted by Gasteiger charge is -2.25. The van der Waals surface area contributed by atoms with Crippen LogP contribution in [0.3, 0.4) is 0 Å². The lowest BCUT2D eigenvalue weighted by Crippen LogP contribution is -2.31. The van der Waals surface area contributed by atoms with Gasteiger partial charge < -0.3 is 14.2 Å². The van der Waals surface area contributed by atoms with Crippen molar-refractivity contribution in [2.24, 2.45) is 5.92 Å². The number of nitrogens with zero attached hydrogens (tertiary/aromatic N) is 1. The number of halogens is 4. The third-order valence-corrected chi connectivity index (χ3v) is 7.74. The molecule has 2 atom stereocenters. The van der Waals surface area contributed by atoms with Gasteiger partial charge >= 0.3 is 6.18 Å². The zero-order valence-corrected chi connectivity index (χ0v) is 22.0. The van der Waals surface area contributed by atoms with Gasteiger partial charge in [0, 0.05) is 12.3 Å². The summed E-state index contributed by atoms with van der Waals surface area (Å²) in [5, 5.41) is 7.33. The molecule has 0 aliphatic carbocycles. The van der Waals surface area contributed by atoms with Crippen molar-refractivity contribution >= 4 is 26.8 Å². The molecule has 1 fully saturated rings. The van der Waals surface area contributed by atoms with Crippen LogP contribution >= 0.6 is 0 Å². The van der Waals surface area contributed by atoms with Gasteiger partial charge in [0.25, 0.3) is 15.9 Å². The Balaban J connectivity index is 1.36. The molecule has 2 heterocycles. The van der Waals surface area contributed by atoms with Crippen LogP contribution < -0.4 is 14.2 Å². The van der Waals surface area contributed by atoms with Crippen molar-refractivity contribution in [2.75, 3.05) is 13.2 Å². The van der Waals surface area contributed by atoms with Gasteiger partial charge in [0.1, 0.15) is 17.2 Å². The first-order chi connectivity index (χ1) is 19.5. The van der Waals surface area contributed by atoms with Gasteiger partial charge in [-0.25, -0.2) is 17.5 Å². The number of aromatic amines is 1. The van der Waals surface area contributed by atoms with E-state index in [4.69, 9.17) is 14.2 Å². The predicted molar refractivity (Wildman–Crippen MR) is 138 cm³/mol. The zero-order valence-electron chi connectivity index (χ0n) is 21.2. The van der Waals surface area contributed by atoms with E-state index in [1.54, 1.807) is 29.0 Å². The number of nitrogens with one attached hydrogen (secondary N) is 2. The van der Waals surface area contributed by atoms with Crippen LogP contribution in [0.25, 0.3) is 10.9 Å². The van der Waals surface area contributed by atoms with Crippen LogP contribution in [0.1, 0.15) is 28.8 Å². The number of ether oxygens (including phenoxy) is 3. The molecule has 0 radical (unpaired) electrons. The number of fused-ring (bicyclic) bond motifs is 1. The van der Waals surface area contributed by atoms with Crippen LogP contribution in [0.15, 0.2) is 71.8 Å². The molecule has 0 spiro atoms. The number of hydrogen-bond donors (Lipinski definition) is 2. The molecule has 1 aliphatic rings. The minimum atomic E-state index is -4.97. The molecule has 216 valence electrons. The second-order valence-electron chi connectivity index (χ2n) is 9.26. The first-order valence-electron chi connectivity index (χ1n) is 12.4. The lowest BCUT2D eigenvalue weighted by molar-refractivity contribution is -0.139. The number of H-pyrrole nitrogens is 1. The van der Waals surface area contributed by atoms with Crippen LogP contribution in [0.4, 0.5) is 17.6 Å². The van der Waals surface area contributed by atoms with E-state index in [1.807, 2.05) is 0 Å². The molecule has 41 heavy (non-hydrogen) atoms. The number of rotatable bonds is 8. The number of para-hydroxylation sites is 1. The number of aromatic nitrogens is 2. The maximum absolute atomic E-state index is 13.9. The first-order valence-corrected chi connectivity index (χ1v) is 13.9. The minimum Gasteiger partial charge on any atom is -0.493 e. The van der Waals surface area contributed by atoms with Crippen molar-refractivity contribution in [3.63, 3.8) is 0 Å². The van der Waals surface area contributed by atoms with E-state index in [-0.39, 0.29) is 36.9 Å². The smallest absolute Gasteiger partial charge is 0.420 e. The van der Waals surface area contributed by atoms with Crippen molar-refractivity contribution in [1.82, 2.24) is 14.9 Å². The summed E-state index contributed by atoms with van der Waals surface area (Å²) >= 11 is 0. The van der Waals surface area contributed by atoms with E-state index in [2.05, 4.69) is 10.2 Å². The van der Waals surface area contributed by atoms with E-state index in [1.165, 1.54) is 24.4 Å². The van der Waals surface area contributed by atoms with Gasteiger partial charge in [-0.15, -0.1) is 0 Å². The van der Waals surface area contributed by atoms with Gasteiger partial charge in [-0.1, -0.05) is 18.2 Å². The summed E-state index contributed by atoms with van der Waals surface area (Å²) in [6.45, 7) is -0.0929. The number of carbonyl (C=O) groups is 1.